The number of fused-ring (bicyclic) bond motifs is 2. The number of carbonyl (C=O) groups is 1. The van der Waals surface area contributed by atoms with Crippen LogP contribution in [0.5, 0.6) is 5.75 Å². The molecule has 2 saturated heterocycles. The first-order chi connectivity index (χ1) is 10.8. The Morgan fingerprint density at radius 2 is 1.70 bits per heavy atom. The van der Waals surface area contributed by atoms with E-state index >= 15 is 0 Å². The monoisotopic (exact) mass is 329 g/mol. The molecule has 0 amide bonds. The molecule has 1 aromatic carbocycles. The molecule has 1 aromatic rings. The van der Waals surface area contributed by atoms with Crippen molar-refractivity contribution in [3.63, 3.8) is 0 Å². The molecule has 1 unspecified atom stereocenters. The molecule has 0 aromatic heterocycles. The van der Waals surface area contributed by atoms with Crippen LogP contribution in [0.3, 0.4) is 0 Å². The minimum atomic E-state index is -4.74. The van der Waals surface area contributed by atoms with Crippen molar-refractivity contribution in [3.8, 4) is 5.75 Å². The molecule has 4 nitrogen and oxygen atoms in total. The van der Waals surface area contributed by atoms with E-state index in [9.17, 15) is 18.0 Å². The molecule has 0 aliphatic carbocycles. The van der Waals surface area contributed by atoms with Gasteiger partial charge in [-0.2, -0.15) is 0 Å². The van der Waals surface area contributed by atoms with Crippen LogP contribution in [0.15, 0.2) is 24.3 Å². The Labute approximate surface area is 132 Å². The van der Waals surface area contributed by atoms with Gasteiger partial charge in [-0.25, -0.2) is 4.79 Å². The number of esters is 1. The third kappa shape index (κ3) is 3.77. The fraction of sp³-hybridized carbons (Fsp3) is 0.562. The summed E-state index contributed by atoms with van der Waals surface area (Å²) in [6.45, 7) is 0. The highest BCUT2D eigenvalue weighted by Gasteiger charge is 2.40. The molecule has 3 rings (SSSR count). The van der Waals surface area contributed by atoms with Crippen molar-refractivity contribution in [1.29, 1.82) is 0 Å². The molecule has 0 saturated carbocycles. The van der Waals surface area contributed by atoms with Gasteiger partial charge in [-0.3, -0.25) is 0 Å². The molecule has 23 heavy (non-hydrogen) atoms. The van der Waals surface area contributed by atoms with E-state index in [2.05, 4.69) is 16.7 Å². The molecular formula is C16H18F3NO3. The Kier molecular flexibility index (Phi) is 4.23. The molecule has 2 fully saturated rings. The predicted octanol–water partition coefficient (Wildman–Crippen LogP) is 3.37. The minimum absolute atomic E-state index is 0.123. The summed E-state index contributed by atoms with van der Waals surface area (Å²) in [4.78, 5) is 14.5. The summed E-state index contributed by atoms with van der Waals surface area (Å²) in [5, 5.41) is 0. The van der Waals surface area contributed by atoms with Crippen LogP contribution in [-0.4, -0.2) is 42.5 Å². The van der Waals surface area contributed by atoms with E-state index < -0.39 is 12.3 Å². The lowest BCUT2D eigenvalue weighted by Gasteiger charge is -2.35. The second kappa shape index (κ2) is 6.03. The van der Waals surface area contributed by atoms with Crippen molar-refractivity contribution in [2.24, 2.45) is 0 Å². The molecule has 3 atom stereocenters. The SMILES string of the molecule is CN1[C@@H]2CC[C@H]1CC(OC(=O)c1ccc(OC(F)(F)F)cc1)C2. The van der Waals surface area contributed by atoms with Crippen molar-refractivity contribution in [3.05, 3.63) is 29.8 Å². The fourth-order valence-corrected chi connectivity index (χ4v) is 3.47. The lowest BCUT2D eigenvalue weighted by Crippen LogP contribution is -2.43. The number of alkyl halides is 3. The highest BCUT2D eigenvalue weighted by molar-refractivity contribution is 5.89. The Morgan fingerprint density at radius 1 is 1.13 bits per heavy atom. The smallest absolute Gasteiger partial charge is 0.459 e. The van der Waals surface area contributed by atoms with Crippen LogP contribution in [0.2, 0.25) is 0 Å². The van der Waals surface area contributed by atoms with Gasteiger partial charge in [0.25, 0.3) is 0 Å². The maximum Gasteiger partial charge on any atom is 0.573 e. The molecule has 126 valence electrons. The maximum absolute atomic E-state index is 12.1. The quantitative estimate of drug-likeness (QED) is 0.797. The van der Waals surface area contributed by atoms with E-state index in [0.717, 1.165) is 37.8 Å². The summed E-state index contributed by atoms with van der Waals surface area (Å²) in [6, 6.07) is 5.70. The molecular weight excluding hydrogens is 311 g/mol. The first-order valence-electron chi connectivity index (χ1n) is 7.60. The average molecular weight is 329 g/mol. The number of hydrogen-bond acceptors (Lipinski definition) is 4. The lowest BCUT2D eigenvalue weighted by atomic mass is 10.0. The molecule has 2 heterocycles. The number of halogens is 3. The van der Waals surface area contributed by atoms with Crippen LogP contribution in [0, 0.1) is 0 Å². The zero-order valence-corrected chi connectivity index (χ0v) is 12.7. The molecule has 2 bridgehead atoms. The van der Waals surface area contributed by atoms with Gasteiger partial charge in [0.2, 0.25) is 0 Å². The summed E-state index contributed by atoms with van der Waals surface area (Å²) in [5.41, 5.74) is 0.228. The second-order valence-corrected chi connectivity index (χ2v) is 6.12. The van der Waals surface area contributed by atoms with Crippen molar-refractivity contribution in [2.75, 3.05) is 7.05 Å². The Bertz CT molecular complexity index is 559. The second-order valence-electron chi connectivity index (χ2n) is 6.12. The maximum atomic E-state index is 12.1. The lowest BCUT2D eigenvalue weighted by molar-refractivity contribution is -0.274. The van der Waals surface area contributed by atoms with Gasteiger partial charge in [0.05, 0.1) is 5.56 Å². The molecule has 7 heteroatoms. The molecule has 0 spiro atoms. The van der Waals surface area contributed by atoms with E-state index in [1.807, 2.05) is 0 Å². The van der Waals surface area contributed by atoms with Crippen LogP contribution in [0.4, 0.5) is 13.2 Å². The van der Waals surface area contributed by atoms with Gasteiger partial charge in [0.1, 0.15) is 11.9 Å². The molecule has 0 N–H and O–H groups in total. The number of ether oxygens (including phenoxy) is 2. The van der Waals surface area contributed by atoms with E-state index in [1.54, 1.807) is 0 Å². The van der Waals surface area contributed by atoms with Gasteiger partial charge in [-0.05, 0) is 44.2 Å². The Balaban J connectivity index is 1.58. The van der Waals surface area contributed by atoms with Crippen LogP contribution in [0.1, 0.15) is 36.0 Å². The highest BCUT2D eigenvalue weighted by atomic mass is 19.4. The number of nitrogens with zero attached hydrogens (tertiary/aromatic N) is 1. The standard InChI is InChI=1S/C16H18F3NO3/c1-20-11-4-5-12(20)9-14(8-11)22-15(21)10-2-6-13(7-3-10)23-16(17,18)19/h2-3,6-7,11-12,14H,4-5,8-9H2,1H3/t11-,12+,14?. The summed E-state index contributed by atoms with van der Waals surface area (Å²) in [7, 11) is 2.10. The van der Waals surface area contributed by atoms with Crippen molar-refractivity contribution in [2.45, 2.75) is 50.2 Å². The van der Waals surface area contributed by atoms with Crippen LogP contribution < -0.4 is 4.74 Å². The summed E-state index contributed by atoms with van der Waals surface area (Å²) in [5.74, 6) is -0.858. The topological polar surface area (TPSA) is 38.8 Å². The van der Waals surface area contributed by atoms with Gasteiger partial charge in [0, 0.05) is 24.9 Å². The van der Waals surface area contributed by atoms with Crippen molar-refractivity contribution < 1.29 is 27.4 Å². The fourth-order valence-electron chi connectivity index (χ4n) is 3.47. The van der Waals surface area contributed by atoms with Gasteiger partial charge < -0.3 is 14.4 Å². The van der Waals surface area contributed by atoms with E-state index in [4.69, 9.17) is 4.74 Å². The molecule has 2 aliphatic heterocycles. The van der Waals surface area contributed by atoms with Crippen molar-refractivity contribution >= 4 is 5.97 Å². The third-order valence-electron chi connectivity index (χ3n) is 4.65. The first-order valence-corrected chi connectivity index (χ1v) is 7.60. The van der Waals surface area contributed by atoms with Gasteiger partial charge in [-0.15, -0.1) is 13.2 Å². The average Bonchev–Trinajstić information content (AvgIpc) is 2.69. The number of benzene rings is 1. The van der Waals surface area contributed by atoms with E-state index in [1.165, 1.54) is 12.1 Å². The summed E-state index contributed by atoms with van der Waals surface area (Å²) >= 11 is 0. The number of piperidine rings is 1. The number of carbonyl (C=O) groups excluding carboxylic acids is 1. The Hall–Kier alpha value is -1.76. The first kappa shape index (κ1) is 16.1. The van der Waals surface area contributed by atoms with Crippen LogP contribution in [-0.2, 0) is 4.74 Å². The van der Waals surface area contributed by atoms with Crippen LogP contribution >= 0.6 is 0 Å². The van der Waals surface area contributed by atoms with Gasteiger partial charge >= 0.3 is 12.3 Å². The Morgan fingerprint density at radius 3 is 2.22 bits per heavy atom. The predicted molar refractivity (Wildman–Crippen MR) is 76.1 cm³/mol. The number of hydrogen-bond donors (Lipinski definition) is 0. The summed E-state index contributed by atoms with van der Waals surface area (Å²) < 4.78 is 45.6. The van der Waals surface area contributed by atoms with Gasteiger partial charge in [-0.1, -0.05) is 0 Å². The molecule has 0 radical (unpaired) electrons. The minimum Gasteiger partial charge on any atom is -0.459 e. The largest absolute Gasteiger partial charge is 0.573 e. The zero-order valence-electron chi connectivity index (χ0n) is 12.7. The third-order valence-corrected chi connectivity index (χ3v) is 4.65. The van der Waals surface area contributed by atoms with Crippen molar-refractivity contribution in [1.82, 2.24) is 4.90 Å². The normalized spacial score (nSPS) is 27.7. The van der Waals surface area contributed by atoms with Crippen LogP contribution in [0.25, 0.3) is 0 Å². The molecule has 2 aliphatic rings. The number of rotatable bonds is 3. The van der Waals surface area contributed by atoms with Gasteiger partial charge in [0.15, 0.2) is 0 Å². The summed E-state index contributed by atoms with van der Waals surface area (Å²) in [6.07, 6.45) is -0.989. The zero-order chi connectivity index (χ0) is 16.6. The highest BCUT2D eigenvalue weighted by Crippen LogP contribution is 2.35. The van der Waals surface area contributed by atoms with E-state index in [0.29, 0.717) is 12.1 Å². The van der Waals surface area contributed by atoms with E-state index in [-0.39, 0.29) is 17.4 Å².